The van der Waals surface area contributed by atoms with Crippen molar-refractivity contribution >= 4 is 28.6 Å². The molecule has 6 heteroatoms. The summed E-state index contributed by atoms with van der Waals surface area (Å²) >= 11 is 0. The number of aryl methyl sites for hydroxylation is 1. The van der Waals surface area contributed by atoms with Gasteiger partial charge in [-0.05, 0) is 43.7 Å². The molecule has 0 fully saturated rings. The minimum absolute atomic E-state index is 0.131. The largest absolute Gasteiger partial charge is 0.392 e. The number of benzene rings is 2. The summed E-state index contributed by atoms with van der Waals surface area (Å²) in [5, 5.41) is 15.5. The molecular formula is C19H22N4O2. The SMILES string of the molecule is Cc1cccc(NC(=O)Cn2c(NC[C@@H](C)O)nc3ccccc32)c1. The fourth-order valence-electron chi connectivity index (χ4n) is 2.68. The van der Waals surface area contributed by atoms with Crippen LogP contribution in [0.15, 0.2) is 48.5 Å². The Morgan fingerprint density at radius 3 is 2.80 bits per heavy atom. The number of imidazole rings is 1. The summed E-state index contributed by atoms with van der Waals surface area (Å²) in [5.41, 5.74) is 3.53. The number of nitrogens with one attached hydrogen (secondary N) is 2. The number of amides is 1. The first-order chi connectivity index (χ1) is 12.0. The van der Waals surface area contributed by atoms with Crippen molar-refractivity contribution in [1.29, 1.82) is 0 Å². The van der Waals surface area contributed by atoms with Crippen molar-refractivity contribution in [2.75, 3.05) is 17.2 Å². The molecule has 0 saturated carbocycles. The number of rotatable bonds is 6. The number of hydrogen-bond acceptors (Lipinski definition) is 4. The molecular weight excluding hydrogens is 316 g/mol. The van der Waals surface area contributed by atoms with Crippen LogP contribution >= 0.6 is 0 Å². The molecule has 2 aromatic carbocycles. The van der Waals surface area contributed by atoms with E-state index in [-0.39, 0.29) is 12.5 Å². The molecule has 3 rings (SSSR count). The Balaban J connectivity index is 1.83. The van der Waals surface area contributed by atoms with Gasteiger partial charge in [0, 0.05) is 12.2 Å². The number of aromatic nitrogens is 2. The second-order valence-corrected chi connectivity index (χ2v) is 6.16. The second kappa shape index (κ2) is 7.36. The third kappa shape index (κ3) is 4.16. The average Bonchev–Trinajstić information content (AvgIpc) is 2.91. The maximum absolute atomic E-state index is 12.5. The van der Waals surface area contributed by atoms with Gasteiger partial charge < -0.3 is 20.3 Å². The Morgan fingerprint density at radius 2 is 2.04 bits per heavy atom. The van der Waals surface area contributed by atoms with Gasteiger partial charge in [-0.1, -0.05) is 24.3 Å². The number of aliphatic hydroxyl groups is 1. The number of carbonyl (C=O) groups is 1. The van der Waals surface area contributed by atoms with Crippen molar-refractivity contribution in [3.05, 3.63) is 54.1 Å². The summed E-state index contributed by atoms with van der Waals surface area (Å²) < 4.78 is 1.82. The van der Waals surface area contributed by atoms with E-state index in [4.69, 9.17) is 0 Å². The molecule has 0 saturated heterocycles. The fraction of sp³-hybridized carbons (Fsp3) is 0.263. The molecule has 0 aliphatic heterocycles. The van der Waals surface area contributed by atoms with Crippen molar-refractivity contribution in [3.8, 4) is 0 Å². The van der Waals surface area contributed by atoms with Crippen LogP contribution < -0.4 is 10.6 Å². The Kier molecular flexibility index (Phi) is 5.00. The van der Waals surface area contributed by atoms with E-state index >= 15 is 0 Å². The highest BCUT2D eigenvalue weighted by atomic mass is 16.3. The van der Waals surface area contributed by atoms with Gasteiger partial charge in [-0.2, -0.15) is 0 Å². The van der Waals surface area contributed by atoms with Crippen LogP contribution in [0.2, 0.25) is 0 Å². The van der Waals surface area contributed by atoms with Crippen LogP contribution in [0.1, 0.15) is 12.5 Å². The standard InChI is InChI=1S/C19H22N4O2/c1-13-6-5-7-15(10-13)21-18(25)12-23-17-9-4-3-8-16(17)22-19(23)20-11-14(2)24/h3-10,14,24H,11-12H2,1-2H3,(H,20,22)(H,21,25)/t14-/m1/s1. The Bertz CT molecular complexity index is 886. The fourth-order valence-corrected chi connectivity index (χ4v) is 2.68. The third-order valence-corrected chi connectivity index (χ3v) is 3.81. The molecule has 1 amide bonds. The number of fused-ring (bicyclic) bond motifs is 1. The van der Waals surface area contributed by atoms with E-state index in [9.17, 15) is 9.90 Å². The maximum Gasteiger partial charge on any atom is 0.244 e. The molecule has 1 heterocycles. The van der Waals surface area contributed by atoms with E-state index < -0.39 is 6.10 Å². The molecule has 0 bridgehead atoms. The van der Waals surface area contributed by atoms with Crippen molar-refractivity contribution < 1.29 is 9.90 Å². The lowest BCUT2D eigenvalue weighted by atomic mass is 10.2. The van der Waals surface area contributed by atoms with Gasteiger partial charge in [-0.3, -0.25) is 4.79 Å². The molecule has 0 radical (unpaired) electrons. The quantitative estimate of drug-likeness (QED) is 0.646. The summed E-state index contributed by atoms with van der Waals surface area (Å²) in [6.45, 7) is 4.18. The van der Waals surface area contributed by atoms with Crippen molar-refractivity contribution in [2.45, 2.75) is 26.5 Å². The van der Waals surface area contributed by atoms with E-state index in [0.29, 0.717) is 12.5 Å². The zero-order chi connectivity index (χ0) is 17.8. The highest BCUT2D eigenvalue weighted by Gasteiger charge is 2.14. The molecule has 6 nitrogen and oxygen atoms in total. The summed E-state index contributed by atoms with van der Waals surface area (Å²) in [4.78, 5) is 17.0. The first-order valence-electron chi connectivity index (χ1n) is 8.26. The Morgan fingerprint density at radius 1 is 1.24 bits per heavy atom. The van der Waals surface area contributed by atoms with Crippen LogP contribution in [0.25, 0.3) is 11.0 Å². The third-order valence-electron chi connectivity index (χ3n) is 3.81. The molecule has 1 atom stereocenters. The molecule has 25 heavy (non-hydrogen) atoms. The van der Waals surface area contributed by atoms with Crippen LogP contribution in [0, 0.1) is 6.92 Å². The lowest BCUT2D eigenvalue weighted by Gasteiger charge is -2.12. The maximum atomic E-state index is 12.5. The molecule has 0 aliphatic carbocycles. The summed E-state index contributed by atoms with van der Waals surface area (Å²) in [6, 6.07) is 15.3. The van der Waals surface area contributed by atoms with Gasteiger partial charge >= 0.3 is 0 Å². The first-order valence-corrected chi connectivity index (χ1v) is 8.26. The van der Waals surface area contributed by atoms with Gasteiger partial charge in [0.05, 0.1) is 17.1 Å². The highest BCUT2D eigenvalue weighted by molar-refractivity contribution is 5.92. The molecule has 3 aromatic rings. The molecule has 1 aromatic heterocycles. The van der Waals surface area contributed by atoms with Gasteiger partial charge in [0.15, 0.2) is 0 Å². The lowest BCUT2D eigenvalue weighted by molar-refractivity contribution is -0.116. The molecule has 130 valence electrons. The van der Waals surface area contributed by atoms with E-state index in [0.717, 1.165) is 22.3 Å². The number of aliphatic hydroxyl groups excluding tert-OH is 1. The van der Waals surface area contributed by atoms with Crippen molar-refractivity contribution in [2.24, 2.45) is 0 Å². The van der Waals surface area contributed by atoms with Gasteiger partial charge in [-0.25, -0.2) is 4.98 Å². The zero-order valence-electron chi connectivity index (χ0n) is 14.4. The second-order valence-electron chi connectivity index (χ2n) is 6.16. The number of anilines is 2. The summed E-state index contributed by atoms with van der Waals surface area (Å²) in [7, 11) is 0. The van der Waals surface area contributed by atoms with Crippen LogP contribution in [0.4, 0.5) is 11.6 Å². The predicted octanol–water partition coefficient (Wildman–Crippen LogP) is 2.78. The van der Waals surface area contributed by atoms with E-state index in [1.165, 1.54) is 0 Å². The van der Waals surface area contributed by atoms with Crippen LogP contribution in [-0.2, 0) is 11.3 Å². The highest BCUT2D eigenvalue weighted by Crippen LogP contribution is 2.20. The minimum atomic E-state index is -0.505. The van der Waals surface area contributed by atoms with Crippen LogP contribution in [0.5, 0.6) is 0 Å². The minimum Gasteiger partial charge on any atom is -0.392 e. The molecule has 0 aliphatic rings. The number of carbonyl (C=O) groups excluding carboxylic acids is 1. The topological polar surface area (TPSA) is 79.2 Å². The molecule has 3 N–H and O–H groups in total. The first kappa shape index (κ1) is 17.0. The van der Waals surface area contributed by atoms with Gasteiger partial charge in [-0.15, -0.1) is 0 Å². The van der Waals surface area contributed by atoms with E-state index in [1.54, 1.807) is 6.92 Å². The van der Waals surface area contributed by atoms with Crippen molar-refractivity contribution in [1.82, 2.24) is 9.55 Å². The lowest BCUT2D eigenvalue weighted by Crippen LogP contribution is -2.22. The van der Waals surface area contributed by atoms with Gasteiger partial charge in [0.2, 0.25) is 11.9 Å². The number of nitrogens with zero attached hydrogens (tertiary/aromatic N) is 2. The Labute approximate surface area is 146 Å². The van der Waals surface area contributed by atoms with E-state index in [2.05, 4.69) is 15.6 Å². The zero-order valence-corrected chi connectivity index (χ0v) is 14.4. The average molecular weight is 338 g/mol. The number of para-hydroxylation sites is 2. The molecule has 0 spiro atoms. The van der Waals surface area contributed by atoms with Gasteiger partial charge in [0.25, 0.3) is 0 Å². The van der Waals surface area contributed by atoms with Gasteiger partial charge in [0.1, 0.15) is 6.54 Å². The van der Waals surface area contributed by atoms with Crippen LogP contribution in [0.3, 0.4) is 0 Å². The van der Waals surface area contributed by atoms with Crippen LogP contribution in [-0.4, -0.2) is 33.2 Å². The smallest absolute Gasteiger partial charge is 0.244 e. The van der Waals surface area contributed by atoms with Crippen molar-refractivity contribution in [3.63, 3.8) is 0 Å². The number of hydrogen-bond donors (Lipinski definition) is 3. The predicted molar refractivity (Wildman–Crippen MR) is 99.7 cm³/mol. The monoisotopic (exact) mass is 338 g/mol. The summed E-state index contributed by atoms with van der Waals surface area (Å²) in [5.74, 6) is 0.440. The molecule has 0 unspecified atom stereocenters. The van der Waals surface area contributed by atoms with E-state index in [1.807, 2.05) is 60.0 Å². The normalized spacial score (nSPS) is 12.1. The Hall–Kier alpha value is -2.86. The summed E-state index contributed by atoms with van der Waals surface area (Å²) in [6.07, 6.45) is -0.505.